The average molecular weight is 282 g/mol. The number of nitrogens with zero attached hydrogens (tertiary/aromatic N) is 2. The maximum Gasteiger partial charge on any atom is 0.344 e. The predicted molar refractivity (Wildman–Crippen MR) is 72.1 cm³/mol. The van der Waals surface area contributed by atoms with E-state index < -0.39 is 0 Å². The van der Waals surface area contributed by atoms with Gasteiger partial charge in [0.2, 0.25) is 0 Å². The van der Waals surface area contributed by atoms with Crippen LogP contribution in [0.1, 0.15) is 24.4 Å². The Morgan fingerprint density at radius 2 is 2.22 bits per heavy atom. The number of benzene rings is 1. The van der Waals surface area contributed by atoms with Crippen LogP contribution in [-0.4, -0.2) is 14.8 Å². The molecule has 0 unspecified atom stereocenters. The third-order valence-electron chi connectivity index (χ3n) is 2.90. The van der Waals surface area contributed by atoms with Gasteiger partial charge in [0, 0.05) is 16.8 Å². The Balaban J connectivity index is 1.78. The monoisotopic (exact) mass is 281 g/mol. The SMILES string of the molecule is O=c1[nH]nc(SCc2ccccc2Cl)n1C1CC1. The van der Waals surface area contributed by atoms with Crippen LogP contribution in [0.4, 0.5) is 0 Å². The number of thioether (sulfide) groups is 1. The molecular weight excluding hydrogens is 270 g/mol. The van der Waals surface area contributed by atoms with E-state index in [0.717, 1.165) is 34.3 Å². The van der Waals surface area contributed by atoms with E-state index >= 15 is 0 Å². The lowest BCUT2D eigenvalue weighted by Crippen LogP contribution is -2.16. The lowest BCUT2D eigenvalue weighted by molar-refractivity contribution is 0.642. The van der Waals surface area contributed by atoms with Crippen molar-refractivity contribution in [1.82, 2.24) is 14.8 Å². The summed E-state index contributed by atoms with van der Waals surface area (Å²) in [6.07, 6.45) is 2.14. The summed E-state index contributed by atoms with van der Waals surface area (Å²) in [7, 11) is 0. The van der Waals surface area contributed by atoms with Crippen molar-refractivity contribution in [1.29, 1.82) is 0 Å². The standard InChI is InChI=1S/C12H12ClN3OS/c13-10-4-2-1-3-8(10)7-18-12-15-14-11(17)16(12)9-5-6-9/h1-4,9H,5-7H2,(H,14,17). The summed E-state index contributed by atoms with van der Waals surface area (Å²) in [5, 5.41) is 8.08. The molecule has 6 heteroatoms. The van der Waals surface area contributed by atoms with Gasteiger partial charge in [0.15, 0.2) is 5.16 Å². The normalized spacial score (nSPS) is 14.9. The summed E-state index contributed by atoms with van der Waals surface area (Å²) in [5.41, 5.74) is 0.945. The van der Waals surface area contributed by atoms with Gasteiger partial charge in [-0.2, -0.15) is 0 Å². The maximum absolute atomic E-state index is 11.6. The molecule has 0 atom stereocenters. The van der Waals surface area contributed by atoms with E-state index in [2.05, 4.69) is 10.2 Å². The van der Waals surface area contributed by atoms with Gasteiger partial charge in [0.25, 0.3) is 0 Å². The second-order valence-electron chi connectivity index (χ2n) is 4.29. The van der Waals surface area contributed by atoms with Gasteiger partial charge in [0.05, 0.1) is 0 Å². The molecule has 1 aromatic carbocycles. The Morgan fingerprint density at radius 1 is 1.44 bits per heavy atom. The Kier molecular flexibility index (Phi) is 3.18. The van der Waals surface area contributed by atoms with E-state index in [-0.39, 0.29) is 5.69 Å². The lowest BCUT2D eigenvalue weighted by atomic mass is 10.2. The van der Waals surface area contributed by atoms with Crippen molar-refractivity contribution in [3.8, 4) is 0 Å². The zero-order chi connectivity index (χ0) is 12.5. The Morgan fingerprint density at radius 3 is 2.94 bits per heavy atom. The van der Waals surface area contributed by atoms with Crippen molar-refractivity contribution >= 4 is 23.4 Å². The van der Waals surface area contributed by atoms with Crippen LogP contribution in [0.3, 0.4) is 0 Å². The molecule has 0 saturated heterocycles. The number of rotatable bonds is 4. The van der Waals surface area contributed by atoms with E-state index in [1.54, 1.807) is 4.57 Å². The van der Waals surface area contributed by atoms with Crippen LogP contribution in [0, 0.1) is 0 Å². The minimum atomic E-state index is -0.112. The summed E-state index contributed by atoms with van der Waals surface area (Å²) in [5.74, 6) is 0.719. The number of nitrogens with one attached hydrogen (secondary N) is 1. The minimum absolute atomic E-state index is 0.112. The van der Waals surface area contributed by atoms with Gasteiger partial charge in [-0.25, -0.2) is 9.89 Å². The first kappa shape index (κ1) is 11.9. The zero-order valence-electron chi connectivity index (χ0n) is 9.60. The van der Waals surface area contributed by atoms with Crippen molar-refractivity contribution in [2.24, 2.45) is 0 Å². The van der Waals surface area contributed by atoms with Crippen LogP contribution in [0.15, 0.2) is 34.2 Å². The molecule has 94 valence electrons. The van der Waals surface area contributed by atoms with E-state index in [0.29, 0.717) is 6.04 Å². The van der Waals surface area contributed by atoms with E-state index in [4.69, 9.17) is 11.6 Å². The molecule has 0 amide bonds. The van der Waals surface area contributed by atoms with Crippen LogP contribution in [0.25, 0.3) is 0 Å². The summed E-state index contributed by atoms with van der Waals surface area (Å²) in [4.78, 5) is 11.6. The summed E-state index contributed by atoms with van der Waals surface area (Å²) < 4.78 is 1.75. The highest BCUT2D eigenvalue weighted by Gasteiger charge is 2.28. The second kappa shape index (κ2) is 4.82. The molecule has 0 bridgehead atoms. The molecule has 1 aliphatic carbocycles. The molecule has 18 heavy (non-hydrogen) atoms. The van der Waals surface area contributed by atoms with Crippen molar-refractivity contribution in [2.75, 3.05) is 0 Å². The number of hydrogen-bond acceptors (Lipinski definition) is 3. The Hall–Kier alpha value is -1.20. The fraction of sp³-hybridized carbons (Fsp3) is 0.333. The van der Waals surface area contributed by atoms with Gasteiger partial charge >= 0.3 is 5.69 Å². The molecule has 1 fully saturated rings. The quantitative estimate of drug-likeness (QED) is 0.877. The Bertz CT molecular complexity index is 618. The van der Waals surface area contributed by atoms with E-state index in [1.165, 1.54) is 11.8 Å². The highest BCUT2D eigenvalue weighted by atomic mass is 35.5. The van der Waals surface area contributed by atoms with Crippen molar-refractivity contribution in [3.05, 3.63) is 45.3 Å². The third-order valence-corrected chi connectivity index (χ3v) is 4.27. The highest BCUT2D eigenvalue weighted by Crippen LogP contribution is 2.36. The van der Waals surface area contributed by atoms with Gasteiger partial charge in [-0.1, -0.05) is 41.6 Å². The van der Waals surface area contributed by atoms with Crippen molar-refractivity contribution in [3.63, 3.8) is 0 Å². The Labute approximate surface area is 113 Å². The maximum atomic E-state index is 11.6. The second-order valence-corrected chi connectivity index (χ2v) is 5.64. The molecule has 1 aliphatic rings. The molecule has 0 aliphatic heterocycles. The van der Waals surface area contributed by atoms with Crippen LogP contribution < -0.4 is 5.69 Å². The van der Waals surface area contributed by atoms with E-state index in [1.807, 2.05) is 24.3 Å². The van der Waals surface area contributed by atoms with Gasteiger partial charge in [0.1, 0.15) is 0 Å². The summed E-state index contributed by atoms with van der Waals surface area (Å²) in [6.45, 7) is 0. The van der Waals surface area contributed by atoms with Gasteiger partial charge < -0.3 is 0 Å². The van der Waals surface area contributed by atoms with Crippen molar-refractivity contribution in [2.45, 2.75) is 29.8 Å². The molecule has 1 N–H and O–H groups in total. The molecule has 1 aromatic heterocycles. The number of hydrogen-bond donors (Lipinski definition) is 1. The van der Waals surface area contributed by atoms with Gasteiger partial charge in [-0.15, -0.1) is 5.10 Å². The molecular formula is C12H12ClN3OS. The van der Waals surface area contributed by atoms with E-state index in [9.17, 15) is 4.79 Å². The first-order valence-corrected chi connectivity index (χ1v) is 7.15. The van der Waals surface area contributed by atoms with Crippen LogP contribution >= 0.6 is 23.4 Å². The van der Waals surface area contributed by atoms with Crippen LogP contribution in [0.2, 0.25) is 5.02 Å². The molecule has 2 aromatic rings. The van der Waals surface area contributed by atoms with Crippen LogP contribution in [0.5, 0.6) is 0 Å². The third kappa shape index (κ3) is 2.33. The molecule has 1 saturated carbocycles. The van der Waals surface area contributed by atoms with Crippen LogP contribution in [-0.2, 0) is 5.75 Å². The molecule has 4 nitrogen and oxygen atoms in total. The zero-order valence-corrected chi connectivity index (χ0v) is 11.2. The first-order chi connectivity index (χ1) is 8.75. The fourth-order valence-corrected chi connectivity index (χ4v) is 3.10. The number of aromatic amines is 1. The first-order valence-electron chi connectivity index (χ1n) is 5.79. The van der Waals surface area contributed by atoms with Crippen molar-refractivity contribution < 1.29 is 0 Å². The summed E-state index contributed by atoms with van der Waals surface area (Å²) in [6, 6.07) is 8.06. The lowest BCUT2D eigenvalue weighted by Gasteiger charge is -2.04. The van der Waals surface area contributed by atoms with Gasteiger partial charge in [-0.05, 0) is 24.5 Å². The number of halogens is 1. The molecule has 3 rings (SSSR count). The topological polar surface area (TPSA) is 50.7 Å². The highest BCUT2D eigenvalue weighted by molar-refractivity contribution is 7.98. The molecule has 0 radical (unpaired) electrons. The number of H-pyrrole nitrogens is 1. The number of aromatic nitrogens is 3. The van der Waals surface area contributed by atoms with Gasteiger partial charge in [-0.3, -0.25) is 4.57 Å². The summed E-state index contributed by atoms with van der Waals surface area (Å²) >= 11 is 7.64. The fourth-order valence-electron chi connectivity index (χ4n) is 1.80. The minimum Gasteiger partial charge on any atom is -0.267 e. The molecule has 0 spiro atoms. The molecule has 1 heterocycles. The largest absolute Gasteiger partial charge is 0.344 e. The predicted octanol–water partition coefficient (Wildman–Crippen LogP) is 2.85. The smallest absolute Gasteiger partial charge is 0.267 e. The average Bonchev–Trinajstić information content (AvgIpc) is 3.13.